The second-order valence-electron chi connectivity index (χ2n) is 6.80. The van der Waals surface area contributed by atoms with Crippen molar-refractivity contribution in [1.82, 2.24) is 9.88 Å². The number of ether oxygens (including phenoxy) is 1. The van der Waals surface area contributed by atoms with Crippen LogP contribution in [0, 0.1) is 11.8 Å². The van der Waals surface area contributed by atoms with Gasteiger partial charge in [0.2, 0.25) is 0 Å². The third-order valence-electron chi connectivity index (χ3n) is 4.98. The lowest BCUT2D eigenvalue weighted by molar-refractivity contribution is 0.305. The molecule has 23 heavy (non-hydrogen) atoms. The predicted octanol–water partition coefficient (Wildman–Crippen LogP) is 2.66. The van der Waals surface area contributed by atoms with Crippen molar-refractivity contribution in [2.45, 2.75) is 6.61 Å². The quantitative estimate of drug-likeness (QED) is 0.868. The zero-order valence-electron chi connectivity index (χ0n) is 13.6. The van der Waals surface area contributed by atoms with Gasteiger partial charge < -0.3 is 14.5 Å². The van der Waals surface area contributed by atoms with E-state index in [0.717, 1.165) is 30.7 Å². The number of likely N-dealkylation sites (tertiary alicyclic amines) is 1. The Morgan fingerprint density at radius 1 is 1.04 bits per heavy atom. The van der Waals surface area contributed by atoms with E-state index in [2.05, 4.69) is 40.0 Å². The predicted molar refractivity (Wildman–Crippen MR) is 91.7 cm³/mol. The highest BCUT2D eigenvalue weighted by atomic mass is 16.5. The summed E-state index contributed by atoms with van der Waals surface area (Å²) in [6.45, 7) is 5.30. The molecule has 0 radical (unpaired) electrons. The van der Waals surface area contributed by atoms with Crippen LogP contribution >= 0.6 is 0 Å². The fourth-order valence-electron chi connectivity index (χ4n) is 3.84. The number of fused-ring (bicyclic) bond motifs is 1. The molecule has 0 spiro atoms. The first-order valence-corrected chi connectivity index (χ1v) is 8.33. The molecule has 1 aromatic heterocycles. The van der Waals surface area contributed by atoms with E-state index in [1.807, 2.05) is 24.4 Å². The van der Waals surface area contributed by atoms with Crippen LogP contribution in [0.5, 0.6) is 5.75 Å². The summed E-state index contributed by atoms with van der Waals surface area (Å²) >= 11 is 0. The number of benzene rings is 1. The van der Waals surface area contributed by atoms with Gasteiger partial charge in [-0.25, -0.2) is 0 Å². The minimum Gasteiger partial charge on any atom is -0.487 e. The minimum absolute atomic E-state index is 0.585. The number of rotatable bonds is 4. The summed E-state index contributed by atoms with van der Waals surface area (Å²) in [7, 11) is 2.22. The Hall–Kier alpha value is -2.07. The zero-order valence-corrected chi connectivity index (χ0v) is 13.6. The lowest BCUT2D eigenvalue weighted by atomic mass is 10.0. The smallest absolute Gasteiger partial charge is 0.140 e. The Morgan fingerprint density at radius 2 is 1.78 bits per heavy atom. The zero-order chi connectivity index (χ0) is 15.6. The number of nitrogens with zero attached hydrogens (tertiary/aromatic N) is 3. The average molecular weight is 309 g/mol. The normalized spacial score (nSPS) is 24.0. The van der Waals surface area contributed by atoms with Crippen LogP contribution in [0.15, 0.2) is 48.8 Å². The molecule has 0 bridgehead atoms. The van der Waals surface area contributed by atoms with Gasteiger partial charge in [-0.1, -0.05) is 30.3 Å². The van der Waals surface area contributed by atoms with Crippen LogP contribution in [-0.4, -0.2) is 43.1 Å². The molecular formula is C19H23N3O. The van der Waals surface area contributed by atoms with Crippen molar-refractivity contribution in [1.29, 1.82) is 0 Å². The summed E-state index contributed by atoms with van der Waals surface area (Å²) in [5, 5.41) is 0. The van der Waals surface area contributed by atoms with Crippen LogP contribution in [0.3, 0.4) is 0 Å². The van der Waals surface area contributed by atoms with Crippen LogP contribution in [0.2, 0.25) is 0 Å². The molecule has 2 unspecified atom stereocenters. The van der Waals surface area contributed by atoms with Crippen molar-refractivity contribution in [2.75, 3.05) is 38.1 Å². The van der Waals surface area contributed by atoms with E-state index in [9.17, 15) is 0 Å². The van der Waals surface area contributed by atoms with Crippen LogP contribution < -0.4 is 9.64 Å². The molecule has 4 rings (SSSR count). The maximum Gasteiger partial charge on any atom is 0.140 e. The molecular weight excluding hydrogens is 286 g/mol. The number of hydrogen-bond acceptors (Lipinski definition) is 4. The van der Waals surface area contributed by atoms with Crippen molar-refractivity contribution < 1.29 is 4.74 Å². The fraction of sp³-hybridized carbons (Fsp3) is 0.421. The lowest BCUT2D eigenvalue weighted by Crippen LogP contribution is -2.26. The van der Waals surface area contributed by atoms with Crippen molar-refractivity contribution in [3.63, 3.8) is 0 Å². The molecule has 2 aliphatic heterocycles. The molecule has 2 aromatic rings. The Labute approximate surface area is 137 Å². The van der Waals surface area contributed by atoms with Gasteiger partial charge in [0.1, 0.15) is 12.4 Å². The Morgan fingerprint density at radius 3 is 2.52 bits per heavy atom. The molecule has 120 valence electrons. The molecule has 1 aromatic carbocycles. The molecule has 0 saturated carbocycles. The first-order chi connectivity index (χ1) is 11.3. The highest BCUT2D eigenvalue weighted by molar-refractivity contribution is 5.49. The molecule has 0 aliphatic carbocycles. The first kappa shape index (κ1) is 14.5. The van der Waals surface area contributed by atoms with Gasteiger partial charge in [0.05, 0.1) is 18.1 Å². The molecule has 0 amide bonds. The van der Waals surface area contributed by atoms with Crippen molar-refractivity contribution in [3.05, 3.63) is 54.4 Å². The second-order valence-corrected chi connectivity index (χ2v) is 6.80. The third kappa shape index (κ3) is 3.17. The fourth-order valence-corrected chi connectivity index (χ4v) is 3.84. The van der Waals surface area contributed by atoms with E-state index in [1.165, 1.54) is 24.3 Å². The van der Waals surface area contributed by atoms with Crippen molar-refractivity contribution in [3.8, 4) is 5.75 Å². The number of anilines is 1. The topological polar surface area (TPSA) is 28.6 Å². The number of aromatic nitrogens is 1. The van der Waals surface area contributed by atoms with Crippen LogP contribution in [0.4, 0.5) is 5.69 Å². The summed E-state index contributed by atoms with van der Waals surface area (Å²) in [6, 6.07) is 12.4. The monoisotopic (exact) mass is 309 g/mol. The Bertz CT molecular complexity index is 647. The summed E-state index contributed by atoms with van der Waals surface area (Å²) in [5.74, 6) is 2.45. The summed E-state index contributed by atoms with van der Waals surface area (Å²) < 4.78 is 5.91. The van der Waals surface area contributed by atoms with Crippen molar-refractivity contribution in [2.24, 2.45) is 11.8 Å². The minimum atomic E-state index is 0.585. The van der Waals surface area contributed by atoms with Gasteiger partial charge in [-0.05, 0) is 24.4 Å². The molecule has 2 fully saturated rings. The van der Waals surface area contributed by atoms with E-state index in [0.29, 0.717) is 6.61 Å². The standard InChI is InChI=1S/C19H23N3O/c1-21-10-16-12-22(13-17(16)11-21)18-7-19(9-20-8-18)23-14-15-5-3-2-4-6-15/h2-9,16-17H,10-14H2,1H3. The number of hydrogen-bond donors (Lipinski definition) is 0. The highest BCUT2D eigenvalue weighted by Gasteiger charge is 2.38. The molecule has 0 N–H and O–H groups in total. The molecule has 4 nitrogen and oxygen atoms in total. The van der Waals surface area contributed by atoms with Gasteiger partial charge >= 0.3 is 0 Å². The van der Waals surface area contributed by atoms with Crippen LogP contribution in [0.1, 0.15) is 5.56 Å². The molecule has 4 heteroatoms. The lowest BCUT2D eigenvalue weighted by Gasteiger charge is -2.21. The Balaban J connectivity index is 1.41. The summed E-state index contributed by atoms with van der Waals surface area (Å²) in [5.41, 5.74) is 2.37. The van der Waals surface area contributed by atoms with Crippen molar-refractivity contribution >= 4 is 5.69 Å². The van der Waals surface area contributed by atoms with Gasteiger partial charge in [0.15, 0.2) is 0 Å². The summed E-state index contributed by atoms with van der Waals surface area (Å²) in [4.78, 5) is 9.29. The molecule has 2 aliphatic rings. The van der Waals surface area contributed by atoms with Gasteiger partial charge in [-0.15, -0.1) is 0 Å². The van der Waals surface area contributed by atoms with E-state index in [1.54, 1.807) is 6.20 Å². The maximum absolute atomic E-state index is 5.91. The van der Waals surface area contributed by atoms with Gasteiger partial charge in [-0.3, -0.25) is 4.98 Å². The van der Waals surface area contributed by atoms with Gasteiger partial charge in [-0.2, -0.15) is 0 Å². The third-order valence-corrected chi connectivity index (χ3v) is 4.98. The Kier molecular flexibility index (Phi) is 3.92. The van der Waals surface area contributed by atoms with Gasteiger partial charge in [0.25, 0.3) is 0 Å². The maximum atomic E-state index is 5.91. The highest BCUT2D eigenvalue weighted by Crippen LogP contribution is 2.33. The van der Waals surface area contributed by atoms with E-state index >= 15 is 0 Å². The summed E-state index contributed by atoms with van der Waals surface area (Å²) in [6.07, 6.45) is 3.76. The first-order valence-electron chi connectivity index (χ1n) is 8.33. The number of pyridine rings is 1. The largest absolute Gasteiger partial charge is 0.487 e. The molecule has 2 saturated heterocycles. The van der Waals surface area contributed by atoms with E-state index < -0.39 is 0 Å². The molecule has 2 atom stereocenters. The second kappa shape index (κ2) is 6.20. The average Bonchev–Trinajstić information content (AvgIpc) is 3.11. The van der Waals surface area contributed by atoms with Crippen LogP contribution in [-0.2, 0) is 6.61 Å². The van der Waals surface area contributed by atoms with E-state index in [4.69, 9.17) is 4.74 Å². The van der Waals surface area contributed by atoms with Gasteiger partial charge in [0, 0.05) is 32.2 Å². The molecule has 3 heterocycles. The van der Waals surface area contributed by atoms with E-state index in [-0.39, 0.29) is 0 Å². The van der Waals surface area contributed by atoms with Crippen LogP contribution in [0.25, 0.3) is 0 Å². The SMILES string of the molecule is CN1CC2CN(c3cncc(OCc4ccccc4)c3)CC2C1.